The van der Waals surface area contributed by atoms with Crippen LogP contribution in [-0.4, -0.2) is 51.3 Å². The van der Waals surface area contributed by atoms with E-state index < -0.39 is 0 Å². The minimum absolute atomic E-state index is 0.120. The van der Waals surface area contributed by atoms with Crippen LogP contribution in [0.1, 0.15) is 33.6 Å². The van der Waals surface area contributed by atoms with Crippen molar-refractivity contribution in [3.8, 4) is 0 Å². The number of benzene rings is 1. The first-order valence-corrected chi connectivity index (χ1v) is 7.47. The highest BCUT2D eigenvalue weighted by Gasteiger charge is 2.16. The lowest BCUT2D eigenvalue weighted by atomic mass is 10.1. The van der Waals surface area contributed by atoms with Crippen LogP contribution in [0, 0.1) is 0 Å². The molecule has 1 saturated heterocycles. The molecule has 2 amide bonds. The molecular weight excluding hydrogens is 284 g/mol. The monoisotopic (exact) mass is 306 g/mol. The molecule has 0 bridgehead atoms. The van der Waals surface area contributed by atoms with Gasteiger partial charge in [-0.25, -0.2) is 0 Å². The lowest BCUT2D eigenvalue weighted by Gasteiger charge is -2.11. The third kappa shape index (κ3) is 4.82. The molecule has 1 aromatic carbocycles. The van der Waals surface area contributed by atoms with Gasteiger partial charge in [-0.3, -0.25) is 9.59 Å². The molecule has 1 fully saturated rings. The fourth-order valence-electron chi connectivity index (χ4n) is 2.26. The first-order chi connectivity index (χ1) is 10.7. The highest BCUT2D eigenvalue weighted by Crippen LogP contribution is 2.11. The highest BCUT2D eigenvalue weighted by molar-refractivity contribution is 5.97. The molecule has 0 aromatic heterocycles. The molecule has 1 aromatic rings. The third-order valence-electron chi connectivity index (χ3n) is 3.52. The molecule has 0 spiro atoms. The molecule has 0 aliphatic carbocycles. The molecule has 0 radical (unpaired) electrons. The van der Waals surface area contributed by atoms with E-state index in [1.54, 1.807) is 31.4 Å². The van der Waals surface area contributed by atoms with Crippen LogP contribution in [0.25, 0.3) is 0 Å². The Morgan fingerprint density at radius 3 is 2.36 bits per heavy atom. The summed E-state index contributed by atoms with van der Waals surface area (Å²) >= 11 is 0. The van der Waals surface area contributed by atoms with Crippen LogP contribution in [0.15, 0.2) is 24.3 Å². The Morgan fingerprint density at radius 2 is 1.82 bits per heavy atom. The number of carbonyl (C=O) groups excluding carboxylic acids is 2. The van der Waals surface area contributed by atoms with E-state index in [-0.39, 0.29) is 17.9 Å². The molecule has 0 saturated carbocycles. The summed E-state index contributed by atoms with van der Waals surface area (Å²) in [7, 11) is 1.58. The minimum atomic E-state index is -0.177. The summed E-state index contributed by atoms with van der Waals surface area (Å²) in [4.78, 5) is 23.8. The third-order valence-corrected chi connectivity index (χ3v) is 3.52. The second-order valence-corrected chi connectivity index (χ2v) is 5.17. The number of amides is 2. The minimum Gasteiger partial charge on any atom is -0.383 e. The van der Waals surface area contributed by atoms with Gasteiger partial charge in [0.15, 0.2) is 0 Å². The fraction of sp³-hybridized carbons (Fsp3) is 0.500. The van der Waals surface area contributed by atoms with E-state index in [1.165, 1.54) is 0 Å². The van der Waals surface area contributed by atoms with Gasteiger partial charge in [0.05, 0.1) is 12.7 Å². The second-order valence-electron chi connectivity index (χ2n) is 5.17. The van der Waals surface area contributed by atoms with Crippen molar-refractivity contribution in [2.24, 2.45) is 0 Å². The Hall–Kier alpha value is -1.92. The smallest absolute Gasteiger partial charge is 0.251 e. The molecule has 6 heteroatoms. The van der Waals surface area contributed by atoms with Crippen LogP contribution < -0.4 is 10.6 Å². The zero-order chi connectivity index (χ0) is 15.8. The van der Waals surface area contributed by atoms with Crippen LogP contribution in [-0.2, 0) is 9.47 Å². The maximum absolute atomic E-state index is 12.0. The lowest BCUT2D eigenvalue weighted by molar-refractivity contribution is 0.0857. The van der Waals surface area contributed by atoms with Crippen molar-refractivity contribution in [3.05, 3.63) is 35.4 Å². The average molecular weight is 306 g/mol. The molecule has 1 aliphatic rings. The first-order valence-electron chi connectivity index (χ1n) is 7.47. The molecule has 120 valence electrons. The normalized spacial score (nSPS) is 17.2. The zero-order valence-electron chi connectivity index (χ0n) is 12.8. The lowest BCUT2D eigenvalue weighted by Crippen LogP contribution is -2.31. The van der Waals surface area contributed by atoms with E-state index in [4.69, 9.17) is 9.47 Å². The van der Waals surface area contributed by atoms with Gasteiger partial charge in [0, 0.05) is 37.9 Å². The van der Waals surface area contributed by atoms with Crippen LogP contribution in [0.2, 0.25) is 0 Å². The summed E-state index contributed by atoms with van der Waals surface area (Å²) in [5.41, 5.74) is 1.05. The van der Waals surface area contributed by atoms with E-state index in [0.29, 0.717) is 30.8 Å². The van der Waals surface area contributed by atoms with Crippen molar-refractivity contribution in [1.82, 2.24) is 10.6 Å². The molecule has 1 unspecified atom stereocenters. The number of methoxy groups -OCH3 is 1. The van der Waals surface area contributed by atoms with Crippen molar-refractivity contribution in [3.63, 3.8) is 0 Å². The van der Waals surface area contributed by atoms with Gasteiger partial charge in [-0.15, -0.1) is 0 Å². The predicted octanol–water partition coefficient (Wildman–Crippen LogP) is 0.972. The molecule has 1 heterocycles. The van der Waals surface area contributed by atoms with Crippen LogP contribution in [0.3, 0.4) is 0 Å². The van der Waals surface area contributed by atoms with Crippen molar-refractivity contribution in [2.45, 2.75) is 18.9 Å². The topological polar surface area (TPSA) is 76.7 Å². The Kier molecular flexibility index (Phi) is 6.36. The van der Waals surface area contributed by atoms with Gasteiger partial charge in [0.2, 0.25) is 0 Å². The number of hydrogen-bond acceptors (Lipinski definition) is 4. The molecule has 2 N–H and O–H groups in total. The molecule has 6 nitrogen and oxygen atoms in total. The highest BCUT2D eigenvalue weighted by atomic mass is 16.5. The Bertz CT molecular complexity index is 495. The predicted molar refractivity (Wildman–Crippen MR) is 82.0 cm³/mol. The number of hydrogen-bond donors (Lipinski definition) is 2. The second kappa shape index (κ2) is 8.51. The van der Waals surface area contributed by atoms with Gasteiger partial charge in [-0.2, -0.15) is 0 Å². The zero-order valence-corrected chi connectivity index (χ0v) is 12.8. The van der Waals surface area contributed by atoms with Gasteiger partial charge in [-0.05, 0) is 37.1 Å². The Labute approximate surface area is 130 Å². The van der Waals surface area contributed by atoms with Crippen LogP contribution in [0.4, 0.5) is 0 Å². The summed E-state index contributed by atoms with van der Waals surface area (Å²) in [5, 5.41) is 5.58. The van der Waals surface area contributed by atoms with Gasteiger partial charge in [0.25, 0.3) is 11.8 Å². The largest absolute Gasteiger partial charge is 0.383 e. The van der Waals surface area contributed by atoms with Gasteiger partial charge < -0.3 is 20.1 Å². The van der Waals surface area contributed by atoms with E-state index in [9.17, 15) is 9.59 Å². The summed E-state index contributed by atoms with van der Waals surface area (Å²) in [6.07, 6.45) is 2.16. The van der Waals surface area contributed by atoms with Crippen LogP contribution in [0.5, 0.6) is 0 Å². The van der Waals surface area contributed by atoms with Crippen LogP contribution >= 0.6 is 0 Å². The SMILES string of the molecule is COCCNC(=O)c1ccc(C(=O)NCC2CCCO2)cc1. The van der Waals surface area contributed by atoms with Crippen molar-refractivity contribution >= 4 is 11.8 Å². The van der Waals surface area contributed by atoms with Crippen molar-refractivity contribution < 1.29 is 19.1 Å². The van der Waals surface area contributed by atoms with Gasteiger partial charge in [0.1, 0.15) is 0 Å². The first kappa shape index (κ1) is 16.5. The maximum Gasteiger partial charge on any atom is 0.251 e. The number of ether oxygens (including phenoxy) is 2. The summed E-state index contributed by atoms with van der Waals surface area (Å²) in [6.45, 7) is 2.22. The van der Waals surface area contributed by atoms with E-state index in [1.807, 2.05) is 0 Å². The van der Waals surface area contributed by atoms with Crippen molar-refractivity contribution in [2.75, 3.05) is 33.4 Å². The quantitative estimate of drug-likeness (QED) is 0.736. The molecular formula is C16H22N2O4. The molecule has 2 rings (SSSR count). The van der Waals surface area contributed by atoms with Gasteiger partial charge >= 0.3 is 0 Å². The van der Waals surface area contributed by atoms with Crippen molar-refractivity contribution in [1.29, 1.82) is 0 Å². The average Bonchev–Trinajstić information content (AvgIpc) is 3.06. The number of carbonyl (C=O) groups is 2. The summed E-state index contributed by atoms with van der Waals surface area (Å²) in [6, 6.07) is 6.58. The van der Waals surface area contributed by atoms with E-state index in [2.05, 4.69) is 10.6 Å². The Balaban J connectivity index is 1.82. The van der Waals surface area contributed by atoms with Gasteiger partial charge in [-0.1, -0.05) is 0 Å². The maximum atomic E-state index is 12.0. The summed E-state index contributed by atoms with van der Waals surface area (Å²) in [5.74, 6) is -0.329. The van der Waals surface area contributed by atoms with E-state index in [0.717, 1.165) is 19.4 Å². The molecule has 22 heavy (non-hydrogen) atoms. The fourth-order valence-corrected chi connectivity index (χ4v) is 2.26. The molecule has 1 atom stereocenters. The number of rotatable bonds is 7. The standard InChI is InChI=1S/C16H22N2O4/c1-21-10-8-17-15(19)12-4-6-13(7-5-12)16(20)18-11-14-3-2-9-22-14/h4-7,14H,2-3,8-11H2,1H3,(H,17,19)(H,18,20). The Morgan fingerprint density at radius 1 is 1.18 bits per heavy atom. The number of nitrogens with one attached hydrogen (secondary N) is 2. The van der Waals surface area contributed by atoms with E-state index >= 15 is 0 Å². The summed E-state index contributed by atoms with van der Waals surface area (Å²) < 4.78 is 10.3. The molecule has 1 aliphatic heterocycles.